The molecule has 1 unspecified atom stereocenters. The van der Waals surface area contributed by atoms with Gasteiger partial charge in [-0.15, -0.1) is 0 Å². The lowest BCUT2D eigenvalue weighted by Crippen LogP contribution is -2.40. The van der Waals surface area contributed by atoms with Gasteiger partial charge in [0.2, 0.25) is 5.91 Å². The van der Waals surface area contributed by atoms with Gasteiger partial charge in [-0.3, -0.25) is 9.78 Å². The summed E-state index contributed by atoms with van der Waals surface area (Å²) in [4.78, 5) is 23.4. The Morgan fingerprint density at radius 3 is 2.91 bits per heavy atom. The molecular formula is C27H27N3O2. The highest BCUT2D eigenvalue weighted by Crippen LogP contribution is 2.29. The smallest absolute Gasteiger partial charge is 0.227 e. The molecule has 32 heavy (non-hydrogen) atoms. The number of methoxy groups -OCH3 is 1. The van der Waals surface area contributed by atoms with Gasteiger partial charge in [-0.2, -0.15) is 0 Å². The van der Waals surface area contributed by atoms with Gasteiger partial charge in [0.25, 0.3) is 0 Å². The molecule has 1 amide bonds. The number of benzene rings is 2. The summed E-state index contributed by atoms with van der Waals surface area (Å²) >= 11 is 0. The number of rotatable bonds is 5. The number of ether oxygens (including phenoxy) is 1. The van der Waals surface area contributed by atoms with Gasteiger partial charge in [-0.25, -0.2) is 0 Å². The van der Waals surface area contributed by atoms with Crippen molar-refractivity contribution in [3.8, 4) is 17.0 Å². The fourth-order valence-corrected chi connectivity index (χ4v) is 4.62. The van der Waals surface area contributed by atoms with Crippen molar-refractivity contribution >= 4 is 16.8 Å². The third kappa shape index (κ3) is 4.11. The maximum Gasteiger partial charge on any atom is 0.227 e. The van der Waals surface area contributed by atoms with Gasteiger partial charge in [0, 0.05) is 47.4 Å². The van der Waals surface area contributed by atoms with E-state index in [1.807, 2.05) is 59.6 Å². The molecule has 2 aromatic carbocycles. The summed E-state index contributed by atoms with van der Waals surface area (Å²) in [5.41, 5.74) is 5.16. The Bertz CT molecular complexity index is 1250. The van der Waals surface area contributed by atoms with Gasteiger partial charge >= 0.3 is 0 Å². The molecule has 1 aliphatic heterocycles. The second-order valence-corrected chi connectivity index (χ2v) is 8.39. The van der Waals surface area contributed by atoms with Crippen LogP contribution in [0.25, 0.3) is 22.2 Å². The molecule has 162 valence electrons. The van der Waals surface area contributed by atoms with E-state index in [1.165, 1.54) is 0 Å². The lowest BCUT2D eigenvalue weighted by molar-refractivity contribution is -0.131. The number of para-hydroxylation sites is 1. The second kappa shape index (κ2) is 8.87. The van der Waals surface area contributed by atoms with Crippen molar-refractivity contribution in [2.45, 2.75) is 25.2 Å². The Labute approximate surface area is 188 Å². The normalized spacial score (nSPS) is 16.3. The van der Waals surface area contributed by atoms with Gasteiger partial charge in [0.15, 0.2) is 0 Å². The van der Waals surface area contributed by atoms with Crippen molar-refractivity contribution in [2.24, 2.45) is 0 Å². The molecule has 1 fully saturated rings. The minimum absolute atomic E-state index is 0.184. The fourth-order valence-electron chi connectivity index (χ4n) is 4.62. The molecule has 5 rings (SSSR count). The molecule has 0 spiro atoms. The van der Waals surface area contributed by atoms with Crippen LogP contribution in [0.1, 0.15) is 30.0 Å². The molecule has 1 aliphatic rings. The standard InChI is InChI=1S/C27H27N3O2/c1-32-22-9-4-7-19(15-22)24-12-5-13-25(29-24)20-8-6-14-30(18-20)27(31)16-21-17-28-26-11-3-2-10-23(21)26/h2-5,7,9-13,15,17,20,28H,6,8,14,16,18H2,1H3. The van der Waals surface area contributed by atoms with Gasteiger partial charge in [0.1, 0.15) is 5.75 Å². The summed E-state index contributed by atoms with van der Waals surface area (Å²) in [5, 5.41) is 1.13. The molecule has 5 heteroatoms. The second-order valence-electron chi connectivity index (χ2n) is 8.39. The number of nitrogens with one attached hydrogen (secondary N) is 1. The zero-order valence-corrected chi connectivity index (χ0v) is 18.3. The van der Waals surface area contributed by atoms with E-state index >= 15 is 0 Å². The molecule has 1 atom stereocenters. The quantitative estimate of drug-likeness (QED) is 0.479. The molecule has 0 aliphatic carbocycles. The topological polar surface area (TPSA) is 58.2 Å². The van der Waals surface area contributed by atoms with Gasteiger partial charge in [0.05, 0.1) is 19.2 Å². The van der Waals surface area contributed by atoms with Crippen LogP contribution in [-0.2, 0) is 11.2 Å². The lowest BCUT2D eigenvalue weighted by atomic mass is 9.93. The number of piperidine rings is 1. The number of aromatic nitrogens is 2. The molecule has 1 saturated heterocycles. The fraction of sp³-hybridized carbons (Fsp3) is 0.259. The number of H-pyrrole nitrogens is 1. The molecule has 1 N–H and O–H groups in total. The Kier molecular flexibility index (Phi) is 5.63. The monoisotopic (exact) mass is 425 g/mol. The number of carbonyl (C=O) groups excluding carboxylic acids is 1. The maximum atomic E-state index is 13.1. The van der Waals surface area contributed by atoms with E-state index in [1.54, 1.807) is 7.11 Å². The average Bonchev–Trinajstić information content (AvgIpc) is 3.27. The first-order valence-corrected chi connectivity index (χ1v) is 11.2. The summed E-state index contributed by atoms with van der Waals surface area (Å²) in [6.45, 7) is 1.53. The lowest BCUT2D eigenvalue weighted by Gasteiger charge is -2.32. The van der Waals surface area contributed by atoms with Gasteiger partial charge < -0.3 is 14.6 Å². The summed E-state index contributed by atoms with van der Waals surface area (Å²) in [5.74, 6) is 1.26. The first-order chi connectivity index (χ1) is 15.7. The Morgan fingerprint density at radius 2 is 2.00 bits per heavy atom. The highest BCUT2D eigenvalue weighted by Gasteiger charge is 2.26. The molecule has 0 saturated carbocycles. The number of likely N-dealkylation sites (tertiary alicyclic amines) is 1. The molecule has 2 aromatic heterocycles. The number of carbonyl (C=O) groups is 1. The van der Waals surface area contributed by atoms with Crippen molar-refractivity contribution < 1.29 is 9.53 Å². The number of pyridine rings is 1. The minimum Gasteiger partial charge on any atom is -0.497 e. The number of fused-ring (bicyclic) bond motifs is 1. The third-order valence-corrected chi connectivity index (χ3v) is 6.35. The van der Waals surface area contributed by atoms with Crippen LogP contribution < -0.4 is 4.74 Å². The van der Waals surface area contributed by atoms with Crippen LogP contribution in [0.5, 0.6) is 5.75 Å². The summed E-state index contributed by atoms with van der Waals surface area (Å²) in [6.07, 6.45) is 4.43. The van der Waals surface area contributed by atoms with Gasteiger partial charge in [-0.05, 0) is 48.7 Å². The largest absolute Gasteiger partial charge is 0.497 e. The SMILES string of the molecule is COc1cccc(-c2cccc(C3CCCN(C(=O)Cc4c[nH]c5ccccc45)C3)n2)c1. The molecule has 4 aromatic rings. The highest BCUT2D eigenvalue weighted by atomic mass is 16.5. The number of nitrogens with zero attached hydrogens (tertiary/aromatic N) is 2. The van der Waals surface area contributed by atoms with Crippen LogP contribution in [0, 0.1) is 0 Å². The van der Waals surface area contributed by atoms with E-state index < -0.39 is 0 Å². The first-order valence-electron chi connectivity index (χ1n) is 11.2. The predicted molar refractivity (Wildman–Crippen MR) is 127 cm³/mol. The van der Waals surface area contributed by atoms with Crippen LogP contribution >= 0.6 is 0 Å². The van der Waals surface area contributed by atoms with Crippen LogP contribution in [0.3, 0.4) is 0 Å². The first kappa shape index (κ1) is 20.3. The molecule has 5 nitrogen and oxygen atoms in total. The average molecular weight is 426 g/mol. The number of aromatic amines is 1. The number of hydrogen-bond donors (Lipinski definition) is 1. The number of hydrogen-bond acceptors (Lipinski definition) is 3. The van der Waals surface area contributed by atoms with Crippen LogP contribution in [0.4, 0.5) is 0 Å². The van der Waals surface area contributed by atoms with Gasteiger partial charge in [-0.1, -0.05) is 36.4 Å². The molecule has 3 heterocycles. The Morgan fingerprint density at radius 1 is 1.12 bits per heavy atom. The van der Waals surface area contributed by atoms with E-state index in [4.69, 9.17) is 9.72 Å². The zero-order chi connectivity index (χ0) is 21.9. The summed E-state index contributed by atoms with van der Waals surface area (Å²) in [7, 11) is 1.67. The molecule has 0 radical (unpaired) electrons. The molecular weight excluding hydrogens is 398 g/mol. The van der Waals surface area contributed by atoms with E-state index in [2.05, 4.69) is 23.2 Å². The predicted octanol–water partition coefficient (Wildman–Crippen LogP) is 5.19. The van der Waals surface area contributed by atoms with Crippen LogP contribution in [-0.4, -0.2) is 41.0 Å². The third-order valence-electron chi connectivity index (χ3n) is 6.35. The van der Waals surface area contributed by atoms with Crippen molar-refractivity contribution in [3.63, 3.8) is 0 Å². The Balaban J connectivity index is 1.32. The van der Waals surface area contributed by atoms with Crippen LogP contribution in [0.15, 0.2) is 72.9 Å². The summed E-state index contributed by atoms with van der Waals surface area (Å²) < 4.78 is 5.36. The summed E-state index contributed by atoms with van der Waals surface area (Å²) in [6, 6.07) is 22.3. The van der Waals surface area contributed by atoms with E-state index in [-0.39, 0.29) is 11.8 Å². The van der Waals surface area contributed by atoms with E-state index in [0.717, 1.165) is 65.1 Å². The van der Waals surface area contributed by atoms with Crippen molar-refractivity contribution in [3.05, 3.63) is 84.2 Å². The van der Waals surface area contributed by atoms with Crippen molar-refractivity contribution in [2.75, 3.05) is 20.2 Å². The van der Waals surface area contributed by atoms with E-state index in [0.29, 0.717) is 6.42 Å². The zero-order valence-electron chi connectivity index (χ0n) is 18.3. The van der Waals surface area contributed by atoms with Crippen molar-refractivity contribution in [1.29, 1.82) is 0 Å². The van der Waals surface area contributed by atoms with Crippen LogP contribution in [0.2, 0.25) is 0 Å². The van der Waals surface area contributed by atoms with E-state index in [9.17, 15) is 4.79 Å². The molecule has 0 bridgehead atoms. The maximum absolute atomic E-state index is 13.1. The Hall–Kier alpha value is -3.60. The van der Waals surface area contributed by atoms with Crippen molar-refractivity contribution in [1.82, 2.24) is 14.9 Å². The number of amides is 1. The highest BCUT2D eigenvalue weighted by molar-refractivity contribution is 5.89. The minimum atomic E-state index is 0.184.